The lowest BCUT2D eigenvalue weighted by molar-refractivity contribution is 0.413. The summed E-state index contributed by atoms with van der Waals surface area (Å²) in [6, 6.07) is 5.65. The number of benzene rings is 1. The molecule has 0 fully saturated rings. The fourth-order valence-corrected chi connectivity index (χ4v) is 1.88. The van der Waals surface area contributed by atoms with E-state index >= 15 is 0 Å². The second-order valence-electron chi connectivity index (χ2n) is 4.12. The molecule has 2 rings (SSSR count). The smallest absolute Gasteiger partial charge is 0.222 e. The second-order valence-corrected chi connectivity index (χ2v) is 4.12. The van der Waals surface area contributed by atoms with E-state index in [-0.39, 0.29) is 5.95 Å². The zero-order chi connectivity index (χ0) is 13.3. The van der Waals surface area contributed by atoms with Crippen LogP contribution < -0.4 is 16.2 Å². The molecule has 0 spiro atoms. The summed E-state index contributed by atoms with van der Waals surface area (Å²) in [5.41, 5.74) is 15.1. The maximum absolute atomic E-state index is 5.68. The molecule has 5 heteroatoms. The minimum Gasteiger partial charge on any atom is -0.496 e. The highest BCUT2D eigenvalue weighted by Gasteiger charge is 2.12. The van der Waals surface area contributed by atoms with E-state index in [0.717, 1.165) is 22.4 Å². The number of anilines is 2. The van der Waals surface area contributed by atoms with Gasteiger partial charge in [0.25, 0.3) is 0 Å². The number of rotatable bonds is 2. The Morgan fingerprint density at radius 3 is 2.44 bits per heavy atom. The Balaban J connectivity index is 2.67. The molecule has 0 aliphatic carbocycles. The molecule has 2 aromatic rings. The molecule has 0 atom stereocenters. The van der Waals surface area contributed by atoms with Gasteiger partial charge in [-0.2, -0.15) is 4.98 Å². The van der Waals surface area contributed by atoms with E-state index in [9.17, 15) is 0 Å². The first-order chi connectivity index (χ1) is 8.52. The molecule has 0 saturated carbocycles. The van der Waals surface area contributed by atoms with Crippen molar-refractivity contribution in [2.75, 3.05) is 18.6 Å². The van der Waals surface area contributed by atoms with Gasteiger partial charge < -0.3 is 16.2 Å². The first-order valence-corrected chi connectivity index (χ1v) is 5.57. The molecule has 0 aliphatic heterocycles. The van der Waals surface area contributed by atoms with Crippen LogP contribution in [0.1, 0.15) is 11.1 Å². The number of nitrogens with two attached hydrogens (primary N) is 2. The Morgan fingerprint density at radius 2 is 1.83 bits per heavy atom. The topological polar surface area (TPSA) is 87.0 Å². The standard InChI is InChI=1S/C13H16N4O/c1-7-4-5-9(12(18-3)8(7)2)10-6-11(14)17-13(15)16-10/h4-6H,1-3H3,(H4,14,15,16,17). The SMILES string of the molecule is COc1c(-c2cc(N)nc(N)n2)ccc(C)c1C. The second kappa shape index (κ2) is 4.52. The third-order valence-corrected chi connectivity index (χ3v) is 2.92. The van der Waals surface area contributed by atoms with E-state index in [1.54, 1.807) is 13.2 Å². The van der Waals surface area contributed by atoms with Crippen molar-refractivity contribution in [3.05, 3.63) is 29.3 Å². The molecular weight excluding hydrogens is 228 g/mol. The van der Waals surface area contributed by atoms with Gasteiger partial charge in [-0.25, -0.2) is 4.98 Å². The lowest BCUT2D eigenvalue weighted by Gasteiger charge is -2.13. The molecule has 0 aliphatic rings. The lowest BCUT2D eigenvalue weighted by atomic mass is 10.0. The third kappa shape index (κ3) is 2.07. The summed E-state index contributed by atoms with van der Waals surface area (Å²) in [7, 11) is 1.64. The van der Waals surface area contributed by atoms with Crippen LogP contribution >= 0.6 is 0 Å². The van der Waals surface area contributed by atoms with Gasteiger partial charge in [0, 0.05) is 11.6 Å². The summed E-state index contributed by atoms with van der Waals surface area (Å²) < 4.78 is 5.45. The van der Waals surface area contributed by atoms with Gasteiger partial charge in [0.2, 0.25) is 5.95 Å². The average Bonchev–Trinajstić information content (AvgIpc) is 2.31. The van der Waals surface area contributed by atoms with Crippen LogP contribution in [0.4, 0.5) is 11.8 Å². The molecule has 0 unspecified atom stereocenters. The highest BCUT2D eigenvalue weighted by atomic mass is 16.5. The van der Waals surface area contributed by atoms with Crippen LogP contribution in [0.15, 0.2) is 18.2 Å². The number of ether oxygens (including phenoxy) is 1. The number of aromatic nitrogens is 2. The first kappa shape index (κ1) is 12.2. The van der Waals surface area contributed by atoms with Crippen molar-refractivity contribution in [1.29, 1.82) is 0 Å². The lowest BCUT2D eigenvalue weighted by Crippen LogP contribution is -2.02. The van der Waals surface area contributed by atoms with Gasteiger partial charge in [-0.05, 0) is 31.0 Å². The molecular formula is C13H16N4O. The van der Waals surface area contributed by atoms with Crippen molar-refractivity contribution in [2.24, 2.45) is 0 Å². The van der Waals surface area contributed by atoms with Crippen molar-refractivity contribution >= 4 is 11.8 Å². The van der Waals surface area contributed by atoms with Gasteiger partial charge in [-0.3, -0.25) is 0 Å². The van der Waals surface area contributed by atoms with Crippen LogP contribution in [0.3, 0.4) is 0 Å². The molecule has 94 valence electrons. The van der Waals surface area contributed by atoms with Crippen LogP contribution in [-0.4, -0.2) is 17.1 Å². The summed E-state index contributed by atoms with van der Waals surface area (Å²) in [5.74, 6) is 1.29. The summed E-state index contributed by atoms with van der Waals surface area (Å²) in [5, 5.41) is 0. The Labute approximate surface area is 106 Å². The summed E-state index contributed by atoms with van der Waals surface area (Å²) >= 11 is 0. The Bertz CT molecular complexity index is 576. The highest BCUT2D eigenvalue weighted by Crippen LogP contribution is 2.34. The normalized spacial score (nSPS) is 10.4. The monoisotopic (exact) mass is 244 g/mol. The molecule has 0 radical (unpaired) electrons. The van der Waals surface area contributed by atoms with Crippen molar-refractivity contribution < 1.29 is 4.74 Å². The van der Waals surface area contributed by atoms with Crippen molar-refractivity contribution in [3.63, 3.8) is 0 Å². The molecule has 18 heavy (non-hydrogen) atoms. The van der Waals surface area contributed by atoms with Gasteiger partial charge in [0.15, 0.2) is 0 Å². The summed E-state index contributed by atoms with van der Waals surface area (Å²) in [6.45, 7) is 4.04. The summed E-state index contributed by atoms with van der Waals surface area (Å²) in [6.07, 6.45) is 0. The van der Waals surface area contributed by atoms with Crippen LogP contribution in [0.2, 0.25) is 0 Å². The van der Waals surface area contributed by atoms with Crippen LogP contribution in [0, 0.1) is 13.8 Å². The number of hydrogen-bond acceptors (Lipinski definition) is 5. The van der Waals surface area contributed by atoms with Crippen molar-refractivity contribution in [3.8, 4) is 17.0 Å². The number of nitrogens with zero attached hydrogens (tertiary/aromatic N) is 2. The van der Waals surface area contributed by atoms with E-state index in [0.29, 0.717) is 11.5 Å². The molecule has 1 heterocycles. The van der Waals surface area contributed by atoms with Gasteiger partial charge in [-0.15, -0.1) is 0 Å². The van der Waals surface area contributed by atoms with Gasteiger partial charge in [-0.1, -0.05) is 6.07 Å². The van der Waals surface area contributed by atoms with Crippen molar-refractivity contribution in [1.82, 2.24) is 9.97 Å². The predicted octanol–water partition coefficient (Wildman–Crippen LogP) is 1.93. The molecule has 5 nitrogen and oxygen atoms in total. The van der Waals surface area contributed by atoms with E-state index < -0.39 is 0 Å². The van der Waals surface area contributed by atoms with Crippen LogP contribution in [0.25, 0.3) is 11.3 Å². The van der Waals surface area contributed by atoms with Crippen molar-refractivity contribution in [2.45, 2.75) is 13.8 Å². The largest absolute Gasteiger partial charge is 0.496 e. The molecule has 1 aromatic heterocycles. The zero-order valence-corrected chi connectivity index (χ0v) is 10.7. The third-order valence-electron chi connectivity index (χ3n) is 2.92. The minimum atomic E-state index is 0.158. The number of hydrogen-bond donors (Lipinski definition) is 2. The maximum atomic E-state index is 5.68. The molecule has 0 amide bonds. The predicted molar refractivity (Wildman–Crippen MR) is 72.3 cm³/mol. The molecule has 1 aromatic carbocycles. The minimum absolute atomic E-state index is 0.158. The fourth-order valence-electron chi connectivity index (χ4n) is 1.88. The molecule has 0 bridgehead atoms. The van der Waals surface area contributed by atoms with E-state index in [2.05, 4.69) is 9.97 Å². The Kier molecular flexibility index (Phi) is 3.06. The quantitative estimate of drug-likeness (QED) is 0.842. The highest BCUT2D eigenvalue weighted by molar-refractivity contribution is 5.72. The van der Waals surface area contributed by atoms with Gasteiger partial charge >= 0.3 is 0 Å². The van der Waals surface area contributed by atoms with E-state index in [1.165, 1.54) is 0 Å². The first-order valence-electron chi connectivity index (χ1n) is 5.57. The zero-order valence-electron chi connectivity index (χ0n) is 10.7. The van der Waals surface area contributed by atoms with E-state index in [1.807, 2.05) is 26.0 Å². The van der Waals surface area contributed by atoms with Gasteiger partial charge in [0.1, 0.15) is 11.6 Å². The van der Waals surface area contributed by atoms with Gasteiger partial charge in [0.05, 0.1) is 12.8 Å². The number of methoxy groups -OCH3 is 1. The van der Waals surface area contributed by atoms with Crippen LogP contribution in [-0.2, 0) is 0 Å². The maximum Gasteiger partial charge on any atom is 0.222 e. The molecule has 4 N–H and O–H groups in total. The summed E-state index contributed by atoms with van der Waals surface area (Å²) in [4.78, 5) is 8.05. The number of nitrogen functional groups attached to an aromatic ring is 2. The number of aryl methyl sites for hydroxylation is 1. The Hall–Kier alpha value is -2.30. The van der Waals surface area contributed by atoms with E-state index in [4.69, 9.17) is 16.2 Å². The Morgan fingerprint density at radius 1 is 1.11 bits per heavy atom. The molecule has 0 saturated heterocycles. The fraction of sp³-hybridized carbons (Fsp3) is 0.231. The average molecular weight is 244 g/mol. The van der Waals surface area contributed by atoms with Crippen LogP contribution in [0.5, 0.6) is 5.75 Å².